The number of ether oxygens (including phenoxy) is 2. The fourth-order valence-electron chi connectivity index (χ4n) is 4.25. The van der Waals surface area contributed by atoms with Crippen molar-refractivity contribution in [3.8, 4) is 5.75 Å². The predicted octanol–water partition coefficient (Wildman–Crippen LogP) is 3.57. The Hall–Kier alpha value is -2.36. The van der Waals surface area contributed by atoms with Crippen molar-refractivity contribution in [3.05, 3.63) is 23.8 Å². The van der Waals surface area contributed by atoms with Gasteiger partial charge in [0.1, 0.15) is 5.75 Å². The fourth-order valence-corrected chi connectivity index (χ4v) is 4.25. The van der Waals surface area contributed by atoms with Crippen LogP contribution in [-0.2, 0) is 4.74 Å². The number of carbonyl (C=O) groups excluding carboxylic acids is 2. The van der Waals surface area contributed by atoms with E-state index in [2.05, 4.69) is 22.5 Å². The smallest absolute Gasteiger partial charge is 0.319 e. The molecule has 9 nitrogen and oxygen atoms in total. The van der Waals surface area contributed by atoms with Crippen LogP contribution in [0.25, 0.3) is 0 Å². The lowest BCUT2D eigenvalue weighted by atomic mass is 10.0. The number of aliphatic hydroxyl groups is 1. The molecule has 4 atom stereocenters. The summed E-state index contributed by atoms with van der Waals surface area (Å²) in [6, 6.07) is 4.37. The summed E-state index contributed by atoms with van der Waals surface area (Å²) < 4.78 is 12.5. The molecule has 3 amide bonds. The zero-order chi connectivity index (χ0) is 26.8. The van der Waals surface area contributed by atoms with Crippen LogP contribution in [-0.4, -0.2) is 91.5 Å². The molecule has 204 valence electrons. The van der Waals surface area contributed by atoms with Crippen LogP contribution in [0, 0.1) is 5.92 Å². The van der Waals surface area contributed by atoms with Gasteiger partial charge in [0.05, 0.1) is 30.4 Å². The third-order valence-corrected chi connectivity index (χ3v) is 6.27. The minimum Gasteiger partial charge on any atom is -0.490 e. The Morgan fingerprint density at radius 2 is 1.94 bits per heavy atom. The van der Waals surface area contributed by atoms with Crippen LogP contribution < -0.4 is 15.4 Å². The highest BCUT2D eigenvalue weighted by atomic mass is 16.5. The zero-order valence-electron chi connectivity index (χ0n) is 23.0. The number of fused-ring (bicyclic) bond motifs is 1. The maximum atomic E-state index is 14.0. The molecule has 2 rings (SSSR count). The van der Waals surface area contributed by atoms with Crippen LogP contribution in [0.2, 0.25) is 0 Å². The second-order valence-corrected chi connectivity index (χ2v) is 10.5. The SMILES string of the molecule is CC(C)NC(=O)Nc1ccc2c(c1)C(=O)N([C@@H](C)CO)C[C@H](C)[C@H](CN(C)C)OCCCC[C@H](C)O2. The van der Waals surface area contributed by atoms with Crippen molar-refractivity contribution < 1.29 is 24.2 Å². The molecule has 1 aliphatic heterocycles. The largest absolute Gasteiger partial charge is 0.490 e. The predicted molar refractivity (Wildman–Crippen MR) is 143 cm³/mol. The molecular formula is C27H46N4O5. The summed E-state index contributed by atoms with van der Waals surface area (Å²) in [5.41, 5.74) is 0.856. The summed E-state index contributed by atoms with van der Waals surface area (Å²) in [5, 5.41) is 15.6. The molecule has 0 saturated carbocycles. The molecule has 1 aromatic carbocycles. The van der Waals surface area contributed by atoms with E-state index in [1.807, 2.05) is 41.8 Å². The molecule has 36 heavy (non-hydrogen) atoms. The average Bonchev–Trinajstić information content (AvgIpc) is 2.80. The van der Waals surface area contributed by atoms with Gasteiger partial charge in [0.25, 0.3) is 5.91 Å². The van der Waals surface area contributed by atoms with Gasteiger partial charge in [0.2, 0.25) is 0 Å². The fraction of sp³-hybridized carbons (Fsp3) is 0.704. The quantitative estimate of drug-likeness (QED) is 0.545. The van der Waals surface area contributed by atoms with E-state index in [0.717, 1.165) is 25.8 Å². The Bertz CT molecular complexity index is 847. The van der Waals surface area contributed by atoms with Crippen LogP contribution in [0.1, 0.15) is 64.2 Å². The zero-order valence-corrected chi connectivity index (χ0v) is 23.0. The maximum Gasteiger partial charge on any atom is 0.319 e. The van der Waals surface area contributed by atoms with Crippen LogP contribution in [0.4, 0.5) is 10.5 Å². The molecule has 0 unspecified atom stereocenters. The summed E-state index contributed by atoms with van der Waals surface area (Å²) in [7, 11) is 4.03. The first-order valence-electron chi connectivity index (χ1n) is 13.1. The van der Waals surface area contributed by atoms with E-state index in [1.165, 1.54) is 0 Å². The Balaban J connectivity index is 2.46. The molecule has 0 radical (unpaired) electrons. The summed E-state index contributed by atoms with van der Waals surface area (Å²) in [5.74, 6) is 0.261. The van der Waals surface area contributed by atoms with Gasteiger partial charge < -0.3 is 35.0 Å². The minimum absolute atomic E-state index is 0.0205. The number of nitrogens with zero attached hydrogens (tertiary/aromatic N) is 2. The molecule has 0 fully saturated rings. The van der Waals surface area contributed by atoms with E-state index in [4.69, 9.17) is 9.47 Å². The molecule has 0 bridgehead atoms. The van der Waals surface area contributed by atoms with Gasteiger partial charge in [-0.3, -0.25) is 4.79 Å². The van der Waals surface area contributed by atoms with Gasteiger partial charge >= 0.3 is 6.03 Å². The monoisotopic (exact) mass is 506 g/mol. The molecule has 1 heterocycles. The number of hydrogen-bond donors (Lipinski definition) is 3. The lowest BCUT2D eigenvalue weighted by molar-refractivity contribution is -0.0137. The number of rotatable bonds is 6. The second-order valence-electron chi connectivity index (χ2n) is 10.5. The molecule has 0 spiro atoms. The van der Waals surface area contributed by atoms with Crippen molar-refractivity contribution in [2.45, 2.75) is 78.2 Å². The van der Waals surface area contributed by atoms with Crippen LogP contribution in [0.15, 0.2) is 18.2 Å². The number of nitrogens with one attached hydrogen (secondary N) is 2. The second kappa shape index (κ2) is 14.4. The molecular weight excluding hydrogens is 460 g/mol. The number of anilines is 1. The third kappa shape index (κ3) is 9.26. The normalized spacial score (nSPS) is 23.0. The van der Waals surface area contributed by atoms with Gasteiger partial charge in [0.15, 0.2) is 0 Å². The number of benzene rings is 1. The van der Waals surface area contributed by atoms with Crippen LogP contribution in [0.5, 0.6) is 5.75 Å². The van der Waals surface area contributed by atoms with Crippen molar-refractivity contribution in [1.29, 1.82) is 0 Å². The van der Waals surface area contributed by atoms with Gasteiger partial charge in [-0.15, -0.1) is 0 Å². The average molecular weight is 507 g/mol. The van der Waals surface area contributed by atoms with Crippen molar-refractivity contribution in [2.75, 3.05) is 45.7 Å². The first kappa shape index (κ1) is 29.9. The first-order chi connectivity index (χ1) is 17.0. The number of likely N-dealkylation sites (N-methyl/N-ethyl adjacent to an activating group) is 1. The third-order valence-electron chi connectivity index (χ3n) is 6.27. The van der Waals surface area contributed by atoms with Crippen molar-refractivity contribution in [3.63, 3.8) is 0 Å². The van der Waals surface area contributed by atoms with Crippen LogP contribution in [0.3, 0.4) is 0 Å². The number of hydrogen-bond acceptors (Lipinski definition) is 6. The van der Waals surface area contributed by atoms with Gasteiger partial charge in [-0.05, 0) is 79.3 Å². The standard InChI is InChI=1S/C27H46N4O5/c1-18(2)28-27(34)29-22-11-12-24-23(14-22)26(33)31(20(4)17-32)15-19(3)25(16-30(6)7)35-13-9-8-10-21(5)36-24/h11-12,14,18-21,25,32H,8-10,13,15-17H2,1-7H3,(H2,28,29,34)/t19-,20-,21-,25-/m0/s1. The van der Waals surface area contributed by atoms with E-state index in [1.54, 1.807) is 23.1 Å². The van der Waals surface area contributed by atoms with E-state index in [0.29, 0.717) is 30.2 Å². The van der Waals surface area contributed by atoms with E-state index in [9.17, 15) is 14.7 Å². The summed E-state index contributed by atoms with van der Waals surface area (Å²) in [6.07, 6.45) is 2.57. The summed E-state index contributed by atoms with van der Waals surface area (Å²) >= 11 is 0. The Morgan fingerprint density at radius 3 is 2.58 bits per heavy atom. The topological polar surface area (TPSA) is 103 Å². The minimum atomic E-state index is -0.404. The molecule has 0 saturated heterocycles. The van der Waals surface area contributed by atoms with Crippen molar-refractivity contribution in [2.24, 2.45) is 5.92 Å². The first-order valence-corrected chi connectivity index (χ1v) is 13.1. The molecule has 0 aliphatic carbocycles. The van der Waals surface area contributed by atoms with Gasteiger partial charge in [-0.1, -0.05) is 6.92 Å². The molecule has 1 aliphatic rings. The maximum absolute atomic E-state index is 14.0. The Morgan fingerprint density at radius 1 is 1.22 bits per heavy atom. The molecule has 9 heteroatoms. The van der Waals surface area contributed by atoms with E-state index < -0.39 is 6.04 Å². The Kier molecular flexibility index (Phi) is 11.9. The molecule has 0 aromatic heterocycles. The van der Waals surface area contributed by atoms with Crippen molar-refractivity contribution in [1.82, 2.24) is 15.1 Å². The summed E-state index contributed by atoms with van der Waals surface area (Å²) in [6.45, 7) is 11.3. The lowest BCUT2D eigenvalue weighted by Gasteiger charge is -2.35. The van der Waals surface area contributed by atoms with Gasteiger partial charge in [0, 0.05) is 37.3 Å². The highest BCUT2D eigenvalue weighted by Gasteiger charge is 2.30. The number of carbonyl (C=O) groups is 2. The number of urea groups is 1. The van der Waals surface area contributed by atoms with Crippen LogP contribution >= 0.6 is 0 Å². The lowest BCUT2D eigenvalue weighted by Crippen LogP contribution is -2.47. The Labute approximate surface area is 216 Å². The van der Waals surface area contributed by atoms with Gasteiger partial charge in [-0.2, -0.15) is 0 Å². The highest BCUT2D eigenvalue weighted by Crippen LogP contribution is 2.28. The molecule has 3 N–H and O–H groups in total. The van der Waals surface area contributed by atoms with Crippen molar-refractivity contribution >= 4 is 17.6 Å². The number of amides is 3. The molecule has 1 aromatic rings. The highest BCUT2D eigenvalue weighted by molar-refractivity contribution is 5.99. The van der Waals surface area contributed by atoms with E-state index >= 15 is 0 Å². The summed E-state index contributed by atoms with van der Waals surface area (Å²) in [4.78, 5) is 30.0. The number of aliphatic hydroxyl groups excluding tert-OH is 1. The van der Waals surface area contributed by atoms with E-state index in [-0.39, 0.29) is 42.7 Å². The van der Waals surface area contributed by atoms with Gasteiger partial charge in [-0.25, -0.2) is 4.79 Å².